The fourth-order valence-corrected chi connectivity index (χ4v) is 6.04. The summed E-state index contributed by atoms with van der Waals surface area (Å²) in [4.78, 5) is 14.3. The van der Waals surface area contributed by atoms with Crippen LogP contribution >= 0.6 is 11.3 Å². The van der Waals surface area contributed by atoms with Crippen molar-refractivity contribution in [3.05, 3.63) is 54.1 Å². The van der Waals surface area contributed by atoms with E-state index in [0.29, 0.717) is 12.2 Å². The number of benzene rings is 2. The number of ether oxygens (including phenoxy) is 2. The number of aryl methyl sites for hydroxylation is 1. The number of esters is 1. The molecule has 0 fully saturated rings. The van der Waals surface area contributed by atoms with Gasteiger partial charge >= 0.3 is 12.1 Å². The number of thiophene rings is 1. The van der Waals surface area contributed by atoms with E-state index in [0.717, 1.165) is 21.4 Å². The minimum atomic E-state index is -4.43. The first-order chi connectivity index (χ1) is 18.4. The summed E-state index contributed by atoms with van der Waals surface area (Å²) in [6.07, 6.45) is -4.05. The summed E-state index contributed by atoms with van der Waals surface area (Å²) < 4.78 is 53.4. The van der Waals surface area contributed by atoms with E-state index < -0.39 is 29.9 Å². The summed E-state index contributed by atoms with van der Waals surface area (Å²) in [6.45, 7) is 15.0. The van der Waals surface area contributed by atoms with Crippen molar-refractivity contribution in [2.75, 3.05) is 13.2 Å². The Morgan fingerprint density at radius 2 is 1.60 bits per heavy atom. The molecule has 1 aromatic heterocycles. The largest absolute Gasteiger partial charge is 0.493 e. The van der Waals surface area contributed by atoms with Gasteiger partial charge in [-0.3, -0.25) is 4.79 Å². The summed E-state index contributed by atoms with van der Waals surface area (Å²) in [5.74, 6) is -0.405. The third-order valence-electron chi connectivity index (χ3n) is 7.08. The highest BCUT2D eigenvalue weighted by molar-refractivity contribution is 7.22. The smallest absolute Gasteiger partial charge is 0.389 e. The minimum absolute atomic E-state index is 0.131. The molecule has 2 unspecified atom stereocenters. The van der Waals surface area contributed by atoms with E-state index in [1.54, 1.807) is 17.4 Å². The van der Waals surface area contributed by atoms with Crippen LogP contribution in [0.25, 0.3) is 20.5 Å². The SMILES string of the molecule is CCc1ccccc1-c1cc2ccc(OCC(C)(COC(=O)C(CC(C)(C)C)C(C)(C)C)CC(F)(F)F)cc2s1. The van der Waals surface area contributed by atoms with Crippen molar-refractivity contribution in [1.29, 1.82) is 0 Å². The van der Waals surface area contributed by atoms with Crippen molar-refractivity contribution in [1.82, 2.24) is 0 Å². The third-order valence-corrected chi connectivity index (χ3v) is 8.21. The molecular weight excluding hydrogens is 533 g/mol. The van der Waals surface area contributed by atoms with Gasteiger partial charge in [-0.05, 0) is 64.5 Å². The highest BCUT2D eigenvalue weighted by Gasteiger charge is 2.43. The number of hydrogen-bond acceptors (Lipinski definition) is 4. The number of carbonyl (C=O) groups is 1. The molecule has 0 saturated heterocycles. The third kappa shape index (κ3) is 8.98. The summed E-state index contributed by atoms with van der Waals surface area (Å²) in [5, 5.41) is 1.05. The van der Waals surface area contributed by atoms with Gasteiger partial charge in [0.05, 0.1) is 18.9 Å². The van der Waals surface area contributed by atoms with E-state index in [-0.39, 0.29) is 24.0 Å². The number of alkyl halides is 3. The van der Waals surface area contributed by atoms with Gasteiger partial charge in [-0.2, -0.15) is 13.2 Å². The van der Waals surface area contributed by atoms with Crippen LogP contribution in [-0.4, -0.2) is 25.4 Å². The molecule has 0 amide bonds. The molecule has 3 nitrogen and oxygen atoms in total. The van der Waals surface area contributed by atoms with Gasteiger partial charge in [-0.15, -0.1) is 11.3 Å². The molecule has 3 aromatic rings. The fourth-order valence-electron chi connectivity index (χ4n) is 4.89. The van der Waals surface area contributed by atoms with Crippen LogP contribution in [0, 0.1) is 22.2 Å². The van der Waals surface area contributed by atoms with E-state index >= 15 is 0 Å². The number of carbonyl (C=O) groups excluding carboxylic acids is 1. The Hall–Kier alpha value is -2.54. The van der Waals surface area contributed by atoms with Gasteiger partial charge in [0.2, 0.25) is 0 Å². The maximum Gasteiger partial charge on any atom is 0.389 e. The highest BCUT2D eigenvalue weighted by Crippen LogP contribution is 2.40. The Bertz CT molecular complexity index is 1300. The van der Waals surface area contributed by atoms with Gasteiger partial charge in [0.15, 0.2) is 0 Å². The van der Waals surface area contributed by atoms with Crippen LogP contribution in [-0.2, 0) is 16.0 Å². The van der Waals surface area contributed by atoms with Gasteiger partial charge in [0.25, 0.3) is 0 Å². The molecule has 2 atom stereocenters. The summed E-state index contributed by atoms with van der Waals surface area (Å²) in [5.41, 5.74) is 0.503. The molecule has 1 heterocycles. The molecule has 0 aliphatic heterocycles. The van der Waals surface area contributed by atoms with Crippen molar-refractivity contribution in [3.63, 3.8) is 0 Å². The minimum Gasteiger partial charge on any atom is -0.493 e. The lowest BCUT2D eigenvalue weighted by molar-refractivity contribution is -0.178. The Morgan fingerprint density at radius 1 is 0.925 bits per heavy atom. The quantitative estimate of drug-likeness (QED) is 0.225. The van der Waals surface area contributed by atoms with E-state index in [9.17, 15) is 18.0 Å². The standard InChI is InChI=1S/C33H43F3O3S/c1-9-22-12-10-11-13-25(22)28-16-23-14-15-24(17-27(23)40-28)38-20-32(8,19-33(34,35)36)21-39-29(37)26(31(5,6)7)18-30(2,3)4/h10-17,26H,9,18-21H2,1-8H3. The topological polar surface area (TPSA) is 35.5 Å². The monoisotopic (exact) mass is 576 g/mol. The molecule has 0 N–H and O–H groups in total. The number of halogens is 3. The van der Waals surface area contributed by atoms with Crippen molar-refractivity contribution in [2.24, 2.45) is 22.2 Å². The second-order valence-corrected chi connectivity index (χ2v) is 14.6. The number of hydrogen-bond donors (Lipinski definition) is 0. The summed E-state index contributed by atoms with van der Waals surface area (Å²) in [7, 11) is 0. The lowest BCUT2D eigenvalue weighted by Gasteiger charge is -2.35. The van der Waals surface area contributed by atoms with E-state index in [4.69, 9.17) is 9.47 Å². The fraction of sp³-hybridized carbons (Fsp3) is 0.545. The zero-order chi connectivity index (χ0) is 29.9. The Morgan fingerprint density at radius 3 is 2.20 bits per heavy atom. The van der Waals surface area contributed by atoms with Gasteiger partial charge in [-0.25, -0.2) is 0 Å². The van der Waals surface area contributed by atoms with Crippen molar-refractivity contribution in [2.45, 2.75) is 80.8 Å². The first-order valence-corrected chi connectivity index (χ1v) is 14.7. The molecule has 2 aromatic carbocycles. The second kappa shape index (κ2) is 12.1. The van der Waals surface area contributed by atoms with E-state index in [2.05, 4.69) is 25.1 Å². The van der Waals surface area contributed by atoms with Crippen LogP contribution in [0.2, 0.25) is 0 Å². The van der Waals surface area contributed by atoms with Crippen LogP contribution in [0.3, 0.4) is 0 Å². The average molecular weight is 577 g/mol. The van der Waals surface area contributed by atoms with Gasteiger partial charge < -0.3 is 9.47 Å². The molecule has 7 heteroatoms. The Labute approximate surface area is 241 Å². The van der Waals surface area contributed by atoms with Gasteiger partial charge in [0.1, 0.15) is 12.4 Å². The van der Waals surface area contributed by atoms with E-state index in [1.165, 1.54) is 18.1 Å². The molecule has 0 aliphatic rings. The predicted molar refractivity (Wildman–Crippen MR) is 159 cm³/mol. The van der Waals surface area contributed by atoms with Gasteiger partial charge in [-0.1, -0.05) is 79.7 Å². The first-order valence-electron chi connectivity index (χ1n) is 13.9. The maximum absolute atomic E-state index is 13.6. The molecule has 0 spiro atoms. The zero-order valence-electron chi connectivity index (χ0n) is 25.0. The predicted octanol–water partition coefficient (Wildman–Crippen LogP) is 10.1. The average Bonchev–Trinajstić information content (AvgIpc) is 3.26. The van der Waals surface area contributed by atoms with Crippen molar-refractivity contribution in [3.8, 4) is 16.2 Å². The molecule has 220 valence electrons. The molecule has 0 aliphatic carbocycles. The van der Waals surface area contributed by atoms with E-state index in [1.807, 2.05) is 65.8 Å². The molecule has 40 heavy (non-hydrogen) atoms. The maximum atomic E-state index is 13.6. The molecule has 0 radical (unpaired) electrons. The number of fused-ring (bicyclic) bond motifs is 1. The molecule has 0 saturated carbocycles. The summed E-state index contributed by atoms with van der Waals surface area (Å²) in [6, 6.07) is 16.0. The lowest BCUT2D eigenvalue weighted by atomic mass is 9.72. The van der Waals surface area contributed by atoms with Crippen LogP contribution in [0.15, 0.2) is 48.5 Å². The Balaban J connectivity index is 1.77. The summed E-state index contributed by atoms with van der Waals surface area (Å²) >= 11 is 1.63. The zero-order valence-corrected chi connectivity index (χ0v) is 25.8. The van der Waals surface area contributed by atoms with Crippen LogP contribution < -0.4 is 4.74 Å². The first kappa shape index (κ1) is 32.0. The van der Waals surface area contributed by atoms with Crippen molar-refractivity contribution >= 4 is 27.4 Å². The van der Waals surface area contributed by atoms with Gasteiger partial charge in [0, 0.05) is 15.0 Å². The van der Waals surface area contributed by atoms with Crippen LogP contribution in [0.4, 0.5) is 13.2 Å². The van der Waals surface area contributed by atoms with Crippen LogP contribution in [0.1, 0.15) is 73.8 Å². The molecule has 3 rings (SSSR count). The van der Waals surface area contributed by atoms with Crippen LogP contribution in [0.5, 0.6) is 5.75 Å². The number of rotatable bonds is 10. The molecule has 0 bridgehead atoms. The second-order valence-electron chi connectivity index (χ2n) is 13.5. The molecular formula is C33H43F3O3S. The Kier molecular flexibility index (Phi) is 9.70. The lowest BCUT2D eigenvalue weighted by Crippen LogP contribution is -2.39. The normalized spacial score (nSPS) is 15.1. The van der Waals surface area contributed by atoms with Crippen molar-refractivity contribution < 1.29 is 27.4 Å². The highest BCUT2D eigenvalue weighted by atomic mass is 32.1.